The van der Waals surface area contributed by atoms with Gasteiger partial charge in [0.1, 0.15) is 6.07 Å². The maximum atomic E-state index is 11.5. The molecule has 0 aromatic heterocycles. The molecular formula is C10H5BrN2Na2OS2. The molecule has 8 heteroatoms. The smallest absolute Gasteiger partial charge is 0.806 e. The topological polar surface area (TPSA) is 52.9 Å². The van der Waals surface area contributed by atoms with Crippen LogP contribution in [0.25, 0.3) is 0 Å². The predicted octanol–water partition coefficient (Wildman–Crippen LogP) is -3.78. The number of carbonyl (C=O) groups is 1. The molecule has 0 bridgehead atoms. The van der Waals surface area contributed by atoms with E-state index in [-0.39, 0.29) is 68.9 Å². The van der Waals surface area contributed by atoms with Crippen LogP contribution in [0, 0.1) is 11.3 Å². The number of nitrogens with zero attached hydrogens (tertiary/aromatic N) is 1. The summed E-state index contributed by atoms with van der Waals surface area (Å²) in [5.41, 5.74) is 0.361. The summed E-state index contributed by atoms with van der Waals surface area (Å²) in [6.45, 7) is 0. The number of anilines is 1. The second-order valence-corrected chi connectivity index (χ2v) is 4.73. The van der Waals surface area contributed by atoms with Crippen molar-refractivity contribution in [3.63, 3.8) is 0 Å². The zero-order chi connectivity index (χ0) is 12.1. The third-order valence-corrected chi connectivity index (χ3v) is 2.58. The minimum Gasteiger partial charge on any atom is -0.806 e. The van der Waals surface area contributed by atoms with Crippen molar-refractivity contribution < 1.29 is 63.9 Å². The number of nitrogens with one attached hydrogen (secondary N) is 1. The van der Waals surface area contributed by atoms with Crippen LogP contribution in [-0.2, 0) is 30.1 Å². The largest absolute Gasteiger partial charge is 1.00 e. The fourth-order valence-corrected chi connectivity index (χ4v) is 1.46. The van der Waals surface area contributed by atoms with Crippen LogP contribution in [0.15, 0.2) is 38.5 Å². The Labute approximate surface area is 169 Å². The molecule has 1 rings (SSSR count). The fourth-order valence-electron chi connectivity index (χ4n) is 0.916. The van der Waals surface area contributed by atoms with E-state index in [0.29, 0.717) is 5.69 Å². The number of amides is 1. The van der Waals surface area contributed by atoms with Gasteiger partial charge in [-0.25, -0.2) is 0 Å². The molecule has 0 atom stereocenters. The zero-order valence-electron chi connectivity index (χ0n) is 9.86. The summed E-state index contributed by atoms with van der Waals surface area (Å²) in [5, 5.41) is 11.2. The summed E-state index contributed by atoms with van der Waals surface area (Å²) >= 11 is 12.5. The molecule has 0 spiro atoms. The van der Waals surface area contributed by atoms with Crippen molar-refractivity contribution in [2.75, 3.05) is 5.32 Å². The third kappa shape index (κ3) is 6.85. The van der Waals surface area contributed by atoms with Gasteiger partial charge in [0, 0.05) is 10.2 Å². The van der Waals surface area contributed by atoms with Gasteiger partial charge in [0.05, 0.1) is 5.57 Å². The summed E-state index contributed by atoms with van der Waals surface area (Å²) in [7, 11) is 0. The van der Waals surface area contributed by atoms with E-state index in [0.717, 1.165) is 4.47 Å². The predicted molar refractivity (Wildman–Crippen MR) is 70.1 cm³/mol. The Hall–Kier alpha value is 0.840. The summed E-state index contributed by atoms with van der Waals surface area (Å²) < 4.78 is 0.769. The molecule has 1 aromatic carbocycles. The van der Waals surface area contributed by atoms with Gasteiger partial charge in [-0.1, -0.05) is 15.9 Å². The van der Waals surface area contributed by atoms with Crippen molar-refractivity contribution in [2.24, 2.45) is 0 Å². The molecular weight excluding hydrogens is 354 g/mol. The Kier molecular flexibility index (Phi) is 12.5. The minimum absolute atomic E-state index is 0. The van der Waals surface area contributed by atoms with Crippen molar-refractivity contribution in [1.82, 2.24) is 0 Å². The fraction of sp³-hybridized carbons (Fsp3) is 0. The van der Waals surface area contributed by atoms with Crippen LogP contribution in [0.2, 0.25) is 0 Å². The standard InChI is InChI=1S/C10H7BrN2OS2.2Na/c11-6-1-3-7(4-2-6)13-9(14)8(5-12)10(15)16;;/h1-4,15-16H,(H,13,14);;/q;2*+1/p-2. The first kappa shape index (κ1) is 21.1. The number of hydrogen-bond donors (Lipinski definition) is 1. The van der Waals surface area contributed by atoms with Crippen LogP contribution in [0.3, 0.4) is 0 Å². The van der Waals surface area contributed by atoms with E-state index >= 15 is 0 Å². The maximum absolute atomic E-state index is 11.5. The van der Waals surface area contributed by atoms with Gasteiger partial charge in [-0.05, 0) is 24.3 Å². The molecule has 1 amide bonds. The van der Waals surface area contributed by atoms with Gasteiger partial charge < -0.3 is 34.8 Å². The third-order valence-electron chi connectivity index (χ3n) is 1.65. The van der Waals surface area contributed by atoms with Crippen LogP contribution in [0.1, 0.15) is 0 Å². The second-order valence-electron chi connectivity index (χ2n) is 2.74. The molecule has 0 aliphatic heterocycles. The van der Waals surface area contributed by atoms with Crippen molar-refractivity contribution in [3.05, 3.63) is 38.5 Å². The zero-order valence-corrected chi connectivity index (χ0v) is 17.1. The molecule has 1 aromatic rings. The molecule has 1 N–H and O–H groups in total. The first-order valence-electron chi connectivity index (χ1n) is 4.10. The van der Waals surface area contributed by atoms with Gasteiger partial charge in [-0.3, -0.25) is 4.79 Å². The average molecular weight is 359 g/mol. The van der Waals surface area contributed by atoms with Crippen LogP contribution < -0.4 is 64.4 Å². The summed E-state index contributed by atoms with van der Waals surface area (Å²) in [5.74, 6) is -0.579. The molecule has 0 aliphatic rings. The first-order chi connectivity index (χ1) is 7.54. The van der Waals surface area contributed by atoms with E-state index in [4.69, 9.17) is 5.26 Å². The van der Waals surface area contributed by atoms with Crippen molar-refractivity contribution in [2.45, 2.75) is 0 Å². The summed E-state index contributed by atoms with van der Waals surface area (Å²) in [6, 6.07) is 8.62. The Morgan fingerprint density at radius 1 is 1.22 bits per heavy atom. The maximum Gasteiger partial charge on any atom is 1.00 e. The quantitative estimate of drug-likeness (QED) is 0.255. The van der Waals surface area contributed by atoms with Crippen LogP contribution in [0.5, 0.6) is 0 Å². The molecule has 0 saturated carbocycles. The Balaban J connectivity index is 0. The van der Waals surface area contributed by atoms with Gasteiger partial charge in [0.15, 0.2) is 0 Å². The van der Waals surface area contributed by atoms with E-state index in [1.54, 1.807) is 30.3 Å². The molecule has 0 aliphatic carbocycles. The molecule has 18 heavy (non-hydrogen) atoms. The molecule has 0 fully saturated rings. The SMILES string of the molecule is N#CC(C(=O)Nc1ccc(Br)cc1)=C([S-])[S-].[Na+].[Na+]. The van der Waals surface area contributed by atoms with Crippen LogP contribution in [0.4, 0.5) is 5.69 Å². The summed E-state index contributed by atoms with van der Waals surface area (Å²) in [4.78, 5) is 11.5. The number of nitriles is 1. The number of rotatable bonds is 2. The van der Waals surface area contributed by atoms with E-state index in [1.165, 1.54) is 0 Å². The van der Waals surface area contributed by atoms with Gasteiger partial charge in [0.25, 0.3) is 5.91 Å². The number of carbonyl (C=O) groups excluding carboxylic acids is 1. The van der Waals surface area contributed by atoms with Gasteiger partial charge in [-0.15, -0.1) is 0 Å². The van der Waals surface area contributed by atoms with Crippen molar-refractivity contribution in [1.29, 1.82) is 5.26 Å². The Morgan fingerprint density at radius 3 is 2.11 bits per heavy atom. The normalized spacial score (nSPS) is 8.00. The van der Waals surface area contributed by atoms with E-state index in [9.17, 15) is 4.79 Å². The Morgan fingerprint density at radius 2 is 1.72 bits per heavy atom. The molecule has 0 heterocycles. The molecule has 3 nitrogen and oxygen atoms in total. The second kappa shape index (κ2) is 10.6. The van der Waals surface area contributed by atoms with E-state index in [1.807, 2.05) is 0 Å². The summed E-state index contributed by atoms with van der Waals surface area (Å²) in [6.07, 6.45) is 0. The molecule has 0 radical (unpaired) electrons. The molecule has 0 saturated heterocycles. The average Bonchev–Trinajstić information content (AvgIpc) is 2.22. The minimum atomic E-state index is -0.579. The Bertz CT molecular complexity index is 482. The van der Waals surface area contributed by atoms with Crippen LogP contribution >= 0.6 is 15.9 Å². The van der Waals surface area contributed by atoms with Gasteiger partial charge >= 0.3 is 59.1 Å². The molecule has 0 unspecified atom stereocenters. The monoisotopic (exact) mass is 358 g/mol. The van der Waals surface area contributed by atoms with E-state index < -0.39 is 5.91 Å². The van der Waals surface area contributed by atoms with Gasteiger partial charge in [-0.2, -0.15) is 5.26 Å². The number of benzene rings is 1. The number of hydrogen-bond acceptors (Lipinski definition) is 4. The van der Waals surface area contributed by atoms with Crippen molar-refractivity contribution in [3.8, 4) is 6.07 Å². The van der Waals surface area contributed by atoms with Crippen LogP contribution in [-0.4, -0.2) is 5.91 Å². The molecule has 82 valence electrons. The van der Waals surface area contributed by atoms with Gasteiger partial charge in [0.2, 0.25) is 0 Å². The number of halogens is 1. The van der Waals surface area contributed by atoms with Crippen molar-refractivity contribution >= 4 is 52.8 Å². The first-order valence-corrected chi connectivity index (χ1v) is 5.71. The van der Waals surface area contributed by atoms with E-state index in [2.05, 4.69) is 46.5 Å².